The number of hydrogen-bond acceptors (Lipinski definition) is 1. The van der Waals surface area contributed by atoms with Crippen molar-refractivity contribution in [1.29, 1.82) is 0 Å². The van der Waals surface area contributed by atoms with Gasteiger partial charge in [-0.15, -0.1) is 0 Å². The molecule has 296 valence electrons. The Morgan fingerprint density at radius 3 is 1.48 bits per heavy atom. The van der Waals surface area contributed by atoms with Crippen molar-refractivity contribution in [3.8, 4) is 16.8 Å². The smallest absolute Gasteiger partial charge is 0.0542 e. The second kappa shape index (κ2) is 13.5. The molecular weight excluding hydrogens is 773 g/mol. The monoisotopic (exact) mass is 810 g/mol. The van der Waals surface area contributed by atoms with E-state index in [2.05, 4.69) is 240 Å². The Kier molecular flexibility index (Phi) is 7.43. The van der Waals surface area contributed by atoms with Crippen LogP contribution in [-0.2, 0) is 0 Å². The normalized spacial score (nSPS) is 12.1. The number of benzene rings is 12. The first-order valence-corrected chi connectivity index (χ1v) is 22.2. The van der Waals surface area contributed by atoms with Gasteiger partial charge < -0.3 is 9.47 Å². The Hall–Kier alpha value is -8.46. The summed E-state index contributed by atoms with van der Waals surface area (Å²) in [7, 11) is 0. The van der Waals surface area contributed by atoms with Crippen LogP contribution in [0.5, 0.6) is 0 Å². The van der Waals surface area contributed by atoms with E-state index in [-0.39, 0.29) is 0 Å². The van der Waals surface area contributed by atoms with Crippen molar-refractivity contribution in [2.45, 2.75) is 0 Å². The third kappa shape index (κ3) is 5.08. The van der Waals surface area contributed by atoms with Crippen LogP contribution in [0.25, 0.3) is 114 Å². The van der Waals surface area contributed by atoms with Crippen molar-refractivity contribution in [3.63, 3.8) is 0 Å². The molecule has 0 N–H and O–H groups in total. The summed E-state index contributed by atoms with van der Waals surface area (Å²) < 4.78 is 2.39. The molecule has 0 aliphatic heterocycles. The molecule has 0 bridgehead atoms. The van der Waals surface area contributed by atoms with Crippen LogP contribution in [0.1, 0.15) is 0 Å². The minimum Gasteiger partial charge on any atom is -0.310 e. The van der Waals surface area contributed by atoms with E-state index in [4.69, 9.17) is 0 Å². The fourth-order valence-corrected chi connectivity index (χ4v) is 11.1. The number of aromatic nitrogens is 1. The van der Waals surface area contributed by atoms with Gasteiger partial charge in [-0.3, -0.25) is 0 Å². The van der Waals surface area contributed by atoms with E-state index in [0.29, 0.717) is 0 Å². The molecule has 0 unspecified atom stereocenters. The standard InChI is InChI=1S/C62H38N2/c1-2-17-45(18-3-1)64-57-25-7-6-20-51(57)55-37-47(34-35-58(55)64)63(46-32-30-40(31-33-46)50-21-8-13-39-12-4-5-19-49(39)50)48-36-44-29-28-43-15-10-23-53-52-22-9-14-41-26-27-42-16-11-24-54(61(42)59(41)52)56(38-48)62(44)60(43)53/h1-38H. The molecule has 0 saturated heterocycles. The molecule has 0 amide bonds. The van der Waals surface area contributed by atoms with Crippen molar-refractivity contribution in [2.75, 3.05) is 4.90 Å². The molecule has 2 heteroatoms. The fraction of sp³-hybridized carbons (Fsp3) is 0. The second-order valence-electron chi connectivity index (χ2n) is 17.2. The van der Waals surface area contributed by atoms with Gasteiger partial charge in [0.1, 0.15) is 0 Å². The maximum absolute atomic E-state index is 2.47. The van der Waals surface area contributed by atoms with Gasteiger partial charge in [0.15, 0.2) is 0 Å². The first-order valence-electron chi connectivity index (χ1n) is 22.2. The predicted octanol–water partition coefficient (Wildman–Crippen LogP) is 17.4. The summed E-state index contributed by atoms with van der Waals surface area (Å²) in [5.74, 6) is 0. The topological polar surface area (TPSA) is 8.17 Å². The highest BCUT2D eigenvalue weighted by molar-refractivity contribution is 6.37. The van der Waals surface area contributed by atoms with Crippen molar-refractivity contribution >= 4 is 114 Å². The highest BCUT2D eigenvalue weighted by Crippen LogP contribution is 2.47. The van der Waals surface area contributed by atoms with E-state index in [1.165, 1.54) is 108 Å². The number of anilines is 3. The van der Waals surface area contributed by atoms with Gasteiger partial charge in [0.05, 0.1) is 11.0 Å². The maximum atomic E-state index is 2.47. The van der Waals surface area contributed by atoms with Crippen molar-refractivity contribution in [1.82, 2.24) is 4.57 Å². The lowest BCUT2D eigenvalue weighted by Gasteiger charge is -2.27. The van der Waals surface area contributed by atoms with Crippen LogP contribution < -0.4 is 4.90 Å². The molecular formula is C62H38N2. The van der Waals surface area contributed by atoms with E-state index in [1.54, 1.807) is 0 Å². The number of hydrogen-bond donors (Lipinski definition) is 0. The number of fused-ring (bicyclic) bond motifs is 6. The van der Waals surface area contributed by atoms with Crippen LogP contribution in [0.2, 0.25) is 0 Å². The Balaban J connectivity index is 1.08. The van der Waals surface area contributed by atoms with Crippen molar-refractivity contribution in [2.24, 2.45) is 0 Å². The molecule has 13 aromatic carbocycles. The summed E-state index contributed by atoms with van der Waals surface area (Å²) >= 11 is 0. The SMILES string of the molecule is c1ccc(-n2c3ccccc3c3cc(N(c4ccc(-c5cccc6ccccc56)cc4)c4cc5ccc6cccc7c8cccc9ccc%10cccc(c(c4)c5c67)c%10c98)ccc32)cc1. The Morgan fingerprint density at radius 1 is 0.266 bits per heavy atom. The van der Waals surface area contributed by atoms with Crippen molar-refractivity contribution in [3.05, 3.63) is 231 Å². The highest BCUT2D eigenvalue weighted by atomic mass is 15.1. The summed E-state index contributed by atoms with van der Waals surface area (Å²) in [6, 6.07) is 85.6. The van der Waals surface area contributed by atoms with Crippen LogP contribution in [0.15, 0.2) is 231 Å². The van der Waals surface area contributed by atoms with Gasteiger partial charge in [0.2, 0.25) is 0 Å². The van der Waals surface area contributed by atoms with Crippen LogP contribution in [0.4, 0.5) is 17.1 Å². The minimum atomic E-state index is 1.10. The van der Waals surface area contributed by atoms with Crippen LogP contribution in [0.3, 0.4) is 0 Å². The summed E-state index contributed by atoms with van der Waals surface area (Å²) in [6.07, 6.45) is 0. The molecule has 1 aromatic heterocycles. The van der Waals surface area contributed by atoms with E-state index >= 15 is 0 Å². The molecule has 0 saturated carbocycles. The van der Waals surface area contributed by atoms with E-state index < -0.39 is 0 Å². The van der Waals surface area contributed by atoms with Gasteiger partial charge in [-0.2, -0.15) is 0 Å². The lowest BCUT2D eigenvalue weighted by molar-refractivity contribution is 1.18. The summed E-state index contributed by atoms with van der Waals surface area (Å²) in [5.41, 5.74) is 9.27. The minimum absolute atomic E-state index is 1.10. The molecule has 2 nitrogen and oxygen atoms in total. The third-order valence-electron chi connectivity index (χ3n) is 13.8. The molecule has 64 heavy (non-hydrogen) atoms. The Bertz CT molecular complexity index is 4170. The summed E-state index contributed by atoms with van der Waals surface area (Å²) in [5, 5.41) is 20.2. The summed E-state index contributed by atoms with van der Waals surface area (Å²) in [4.78, 5) is 2.47. The third-order valence-corrected chi connectivity index (χ3v) is 13.8. The largest absolute Gasteiger partial charge is 0.310 e. The lowest BCUT2D eigenvalue weighted by atomic mass is 9.87. The number of nitrogens with zero attached hydrogens (tertiary/aromatic N) is 2. The second-order valence-corrected chi connectivity index (χ2v) is 17.2. The molecule has 0 fully saturated rings. The quantitative estimate of drug-likeness (QED) is 0.157. The van der Waals surface area contributed by atoms with Gasteiger partial charge in [-0.1, -0.05) is 170 Å². The molecule has 14 rings (SSSR count). The predicted molar refractivity (Wildman–Crippen MR) is 275 cm³/mol. The molecule has 0 atom stereocenters. The van der Waals surface area contributed by atoms with E-state index in [0.717, 1.165) is 22.7 Å². The fourth-order valence-electron chi connectivity index (χ4n) is 11.1. The zero-order valence-electron chi connectivity index (χ0n) is 34.8. The maximum Gasteiger partial charge on any atom is 0.0542 e. The average Bonchev–Trinajstić information content (AvgIpc) is 3.69. The lowest BCUT2D eigenvalue weighted by Crippen LogP contribution is -2.10. The van der Waals surface area contributed by atoms with E-state index in [1.807, 2.05) is 0 Å². The zero-order valence-corrected chi connectivity index (χ0v) is 34.8. The van der Waals surface area contributed by atoms with E-state index in [9.17, 15) is 0 Å². The van der Waals surface area contributed by atoms with Gasteiger partial charge in [-0.25, -0.2) is 0 Å². The first-order chi connectivity index (χ1) is 31.7. The molecule has 14 aromatic rings. The number of para-hydroxylation sites is 2. The molecule has 0 aliphatic rings. The van der Waals surface area contributed by atoms with Gasteiger partial charge in [0.25, 0.3) is 0 Å². The Labute approximate surface area is 369 Å². The average molecular weight is 811 g/mol. The molecule has 0 aliphatic carbocycles. The molecule has 0 spiro atoms. The summed E-state index contributed by atoms with van der Waals surface area (Å²) in [6.45, 7) is 0. The molecule has 1 heterocycles. The molecule has 0 radical (unpaired) electrons. The first kappa shape index (κ1) is 35.2. The highest BCUT2D eigenvalue weighted by Gasteiger charge is 2.21. The zero-order chi connectivity index (χ0) is 41.9. The van der Waals surface area contributed by atoms with Gasteiger partial charge in [0, 0.05) is 33.5 Å². The van der Waals surface area contributed by atoms with Crippen LogP contribution in [-0.4, -0.2) is 4.57 Å². The van der Waals surface area contributed by atoms with Crippen LogP contribution >= 0.6 is 0 Å². The van der Waals surface area contributed by atoms with Gasteiger partial charge >= 0.3 is 0 Å². The van der Waals surface area contributed by atoms with Crippen molar-refractivity contribution < 1.29 is 0 Å². The van der Waals surface area contributed by atoms with Crippen LogP contribution in [0, 0.1) is 0 Å². The Morgan fingerprint density at radius 2 is 0.766 bits per heavy atom. The number of rotatable bonds is 5. The van der Waals surface area contributed by atoms with Gasteiger partial charge in [-0.05, 0) is 147 Å².